The molecule has 9 atom stereocenters. The maximum Gasteiger partial charge on any atom is 0.337 e. The number of carbonyl (C=O) groups is 1. The van der Waals surface area contributed by atoms with Crippen molar-refractivity contribution in [3.8, 4) is 0 Å². The molecular formula is C43H69N3O11Si. The van der Waals surface area contributed by atoms with Crippen LogP contribution in [0.3, 0.4) is 0 Å². The fraction of sp³-hybridized carbons (Fsp3) is 0.698. The Hall–Kier alpha value is -2.92. The van der Waals surface area contributed by atoms with Crippen LogP contribution in [0.25, 0.3) is 10.4 Å². The zero-order valence-electron chi connectivity index (χ0n) is 35.9. The van der Waals surface area contributed by atoms with Gasteiger partial charge in [-0.3, -0.25) is 0 Å². The number of unbranched alkanes of at least 4 members (excludes halogenated alkanes) is 3. The van der Waals surface area contributed by atoms with Gasteiger partial charge in [-0.1, -0.05) is 120 Å². The molecule has 58 heavy (non-hydrogen) atoms. The number of hydrogen-bond acceptors (Lipinski definition) is 12. The van der Waals surface area contributed by atoms with E-state index < -0.39 is 81.2 Å². The number of nitrogens with zero attached hydrogens (tertiary/aromatic N) is 3. The molecule has 2 N–H and O–H groups in total. The molecule has 326 valence electrons. The van der Waals surface area contributed by atoms with Crippen molar-refractivity contribution in [1.29, 1.82) is 0 Å². The van der Waals surface area contributed by atoms with Gasteiger partial charge >= 0.3 is 5.97 Å². The highest BCUT2D eigenvalue weighted by Gasteiger charge is 2.53. The minimum absolute atomic E-state index is 0.317. The predicted octanol–water partition coefficient (Wildman–Crippen LogP) is 6.19. The van der Waals surface area contributed by atoms with E-state index in [1.807, 2.05) is 81.4 Å². The molecule has 2 aromatic rings. The Bertz CT molecular complexity index is 1450. The van der Waals surface area contributed by atoms with Crippen molar-refractivity contribution in [2.24, 2.45) is 5.11 Å². The first-order valence-corrected chi connectivity index (χ1v) is 22.8. The summed E-state index contributed by atoms with van der Waals surface area (Å²) in [6, 6.07) is 18.5. The topological polar surface area (TPSA) is 180 Å². The van der Waals surface area contributed by atoms with Crippen LogP contribution in [0, 0.1) is 0 Å². The van der Waals surface area contributed by atoms with E-state index in [-0.39, 0.29) is 0 Å². The summed E-state index contributed by atoms with van der Waals surface area (Å²) < 4.78 is 49.3. The Kier molecular flexibility index (Phi) is 21.9. The Morgan fingerprint density at radius 1 is 0.914 bits per heavy atom. The molecule has 1 aliphatic rings. The molecular weight excluding hydrogens is 763 g/mol. The van der Waals surface area contributed by atoms with E-state index in [2.05, 4.69) is 30.8 Å². The molecule has 1 heterocycles. The van der Waals surface area contributed by atoms with Gasteiger partial charge in [-0.25, -0.2) is 4.79 Å². The summed E-state index contributed by atoms with van der Waals surface area (Å²) in [5, 5.41) is 16.0. The lowest BCUT2D eigenvalue weighted by Gasteiger charge is -2.47. The smallest absolute Gasteiger partial charge is 0.337 e. The fourth-order valence-electron chi connectivity index (χ4n) is 7.39. The van der Waals surface area contributed by atoms with Crippen LogP contribution in [0.5, 0.6) is 0 Å². The number of esters is 1. The van der Waals surface area contributed by atoms with Crippen LogP contribution in [0.4, 0.5) is 0 Å². The monoisotopic (exact) mass is 831 g/mol. The van der Waals surface area contributed by atoms with Gasteiger partial charge in [-0.05, 0) is 60.0 Å². The molecule has 0 bridgehead atoms. The summed E-state index contributed by atoms with van der Waals surface area (Å²) in [6.45, 7) is 12.5. The van der Waals surface area contributed by atoms with Crippen molar-refractivity contribution < 1.29 is 52.6 Å². The number of aliphatic hydroxyl groups excluding tert-OH is 1. The second kappa shape index (κ2) is 25.6. The highest BCUT2D eigenvalue weighted by atomic mass is 28.4. The van der Waals surface area contributed by atoms with Crippen molar-refractivity contribution in [2.75, 3.05) is 40.6 Å². The van der Waals surface area contributed by atoms with Gasteiger partial charge in [-0.2, -0.15) is 0 Å². The summed E-state index contributed by atoms with van der Waals surface area (Å²) in [4.78, 5) is 29.5. The Balaban J connectivity index is 2.07. The third-order valence-corrected chi connectivity index (χ3v) is 15.4. The lowest BCUT2D eigenvalue weighted by atomic mass is 9.91. The number of rotatable bonds is 28. The third-order valence-electron chi connectivity index (χ3n) is 10.9. The van der Waals surface area contributed by atoms with Crippen LogP contribution < -0.4 is 10.4 Å². The van der Waals surface area contributed by atoms with Crippen LogP contribution in [-0.4, -0.2) is 120 Å². The molecule has 15 heteroatoms. The highest BCUT2D eigenvalue weighted by Crippen LogP contribution is 2.42. The van der Waals surface area contributed by atoms with Crippen molar-refractivity contribution >= 4 is 24.7 Å². The van der Waals surface area contributed by atoms with Gasteiger partial charge < -0.3 is 47.8 Å². The molecule has 0 saturated carbocycles. The first kappa shape index (κ1) is 49.4. The number of hydrogen-bond donors (Lipinski definition) is 2. The quantitative estimate of drug-likeness (QED) is 0.0190. The number of methoxy groups -OCH3 is 2. The van der Waals surface area contributed by atoms with Crippen LogP contribution in [-0.2, 0) is 42.7 Å². The van der Waals surface area contributed by atoms with Crippen LogP contribution in [0.15, 0.2) is 65.8 Å². The number of ether oxygens (including phenoxy) is 8. The van der Waals surface area contributed by atoms with Crippen LogP contribution in [0.1, 0.15) is 92.9 Å². The molecule has 1 saturated heterocycles. The summed E-state index contributed by atoms with van der Waals surface area (Å²) in [5.41, 5.74) is 9.69. The summed E-state index contributed by atoms with van der Waals surface area (Å²) in [5.74, 6) is -0.721. The lowest BCUT2D eigenvalue weighted by molar-refractivity contribution is -0.311. The maximum atomic E-state index is 13.5. The van der Waals surface area contributed by atoms with Crippen molar-refractivity contribution in [1.82, 2.24) is 0 Å². The second-order valence-corrected chi connectivity index (χ2v) is 19.4. The van der Waals surface area contributed by atoms with Gasteiger partial charge in [0.1, 0.15) is 18.2 Å². The molecule has 0 aromatic heterocycles. The number of aliphatic hydroxyl groups is 1. The minimum Gasteiger partial charge on any atom is -0.467 e. The summed E-state index contributed by atoms with van der Waals surface area (Å²) in [7, 11) is -0.699. The molecule has 0 amide bonds. The van der Waals surface area contributed by atoms with E-state index >= 15 is 0 Å². The summed E-state index contributed by atoms with van der Waals surface area (Å²) >= 11 is 0. The van der Waals surface area contributed by atoms with Crippen molar-refractivity contribution in [2.45, 2.75) is 153 Å². The molecule has 0 spiro atoms. The first-order valence-electron chi connectivity index (χ1n) is 20.9. The van der Waals surface area contributed by atoms with Crippen molar-refractivity contribution in [3.63, 3.8) is 0 Å². The van der Waals surface area contributed by atoms with Gasteiger partial charge in [0.25, 0.3) is 8.32 Å². The maximum absolute atomic E-state index is 13.5. The van der Waals surface area contributed by atoms with E-state index in [9.17, 15) is 20.2 Å². The number of carbonyl (C=O) groups excluding carboxylic acids is 1. The van der Waals surface area contributed by atoms with Gasteiger partial charge in [0.05, 0.1) is 32.0 Å². The molecule has 2 aromatic carbocycles. The minimum atomic E-state index is -3.42. The van der Waals surface area contributed by atoms with Gasteiger partial charge in [-0.15, -0.1) is 0 Å². The average Bonchev–Trinajstić information content (AvgIpc) is 3.24. The van der Waals surface area contributed by atoms with E-state index in [4.69, 9.17) is 37.9 Å². The van der Waals surface area contributed by atoms with E-state index in [0.29, 0.717) is 39.1 Å². The largest absolute Gasteiger partial charge is 0.467 e. The standard InChI is InChI=1S/C43H69N3O11Si/c1-9-12-27-52-31(4)37(53-28-13-10-2)40(41(48)50-7)57-35(30-47)56-38-34(55-42(51-8)36(45-46-44)39(38)54-29-14-11-3)25-26-43(5,6)58(49,32-21-17-15-18-22-32)33-23-19-16-20-24-33/h15-24,31,34-40,42,47,49H,9-14,25-30H2,1-8H3/t31-,34?,35?,36-,37-,38+,39?,40?,42+/m0/s1. The Morgan fingerprint density at radius 3 is 2.00 bits per heavy atom. The second-order valence-electron chi connectivity index (χ2n) is 15.4. The zero-order valence-corrected chi connectivity index (χ0v) is 36.9. The Labute approximate surface area is 346 Å². The normalized spacial score (nSPS) is 22.1. The van der Waals surface area contributed by atoms with E-state index in [0.717, 1.165) is 42.5 Å². The average molecular weight is 832 g/mol. The molecule has 1 aliphatic heterocycles. The fourth-order valence-corrected chi connectivity index (χ4v) is 11.1. The SMILES string of the molecule is CCCCOC1[C@H](OC(CO)OC(C(=O)OC)[C@@H](OCCCC)[C@H](C)OCCCC)C(CCC(C)(C)[Si](O)(c2ccccc2)c2ccccc2)O[C@@H](OC)[C@H]1N=[N+]=[N-]. The summed E-state index contributed by atoms with van der Waals surface area (Å²) in [6.07, 6.45) is -2.15. The number of azide groups is 1. The highest BCUT2D eigenvalue weighted by molar-refractivity contribution is 6.98. The molecule has 0 radical (unpaired) electrons. The number of benzene rings is 2. The van der Waals surface area contributed by atoms with Crippen LogP contribution in [0.2, 0.25) is 5.04 Å². The molecule has 1 fully saturated rings. The lowest BCUT2D eigenvalue weighted by Crippen LogP contribution is -2.65. The molecule has 0 aliphatic carbocycles. The van der Waals surface area contributed by atoms with E-state index in [1.54, 1.807) is 0 Å². The Morgan fingerprint density at radius 2 is 1.48 bits per heavy atom. The predicted molar refractivity (Wildman–Crippen MR) is 224 cm³/mol. The van der Waals surface area contributed by atoms with Crippen molar-refractivity contribution in [3.05, 3.63) is 71.1 Å². The third kappa shape index (κ3) is 13.3. The van der Waals surface area contributed by atoms with Crippen LogP contribution >= 0.6 is 0 Å². The zero-order chi connectivity index (χ0) is 42.6. The molecule has 3 rings (SSSR count). The van der Waals surface area contributed by atoms with Gasteiger partial charge in [0, 0.05) is 31.8 Å². The molecule has 4 unspecified atom stereocenters. The van der Waals surface area contributed by atoms with Gasteiger partial charge in [0.15, 0.2) is 18.7 Å². The van der Waals surface area contributed by atoms with E-state index in [1.165, 1.54) is 14.2 Å². The molecule has 14 nitrogen and oxygen atoms in total. The van der Waals surface area contributed by atoms with Gasteiger partial charge in [0.2, 0.25) is 0 Å². The first-order chi connectivity index (χ1) is 28.0.